The summed E-state index contributed by atoms with van der Waals surface area (Å²) in [4.78, 5) is 30.1. The second-order valence-corrected chi connectivity index (χ2v) is 9.63. The van der Waals surface area contributed by atoms with Crippen LogP contribution in [-0.4, -0.2) is 63.1 Å². The first-order valence-electron chi connectivity index (χ1n) is 11.4. The van der Waals surface area contributed by atoms with E-state index >= 15 is 0 Å². The quantitative estimate of drug-likeness (QED) is 0.815. The summed E-state index contributed by atoms with van der Waals surface area (Å²) in [6.07, 6.45) is 9.16. The molecule has 4 heterocycles. The lowest BCUT2D eigenvalue weighted by Gasteiger charge is -2.56. The van der Waals surface area contributed by atoms with Crippen LogP contribution in [0.15, 0.2) is 12.3 Å². The Bertz CT molecular complexity index is 773. The molecule has 1 aromatic rings. The molecule has 0 aromatic carbocycles. The molecule has 2 amide bonds. The molecule has 1 saturated carbocycles. The SMILES string of the molecule is Cn1ccc(CN2C[C@H]3C[C@@H](C2)[C@H](CNC(=O)C2CCC2)N2C(=O)CCC[C@@H]32)n1. The van der Waals surface area contributed by atoms with E-state index in [9.17, 15) is 9.59 Å². The van der Waals surface area contributed by atoms with Gasteiger partial charge in [-0.2, -0.15) is 5.10 Å². The predicted molar refractivity (Wildman–Crippen MR) is 109 cm³/mol. The summed E-state index contributed by atoms with van der Waals surface area (Å²) < 4.78 is 1.86. The Hall–Kier alpha value is -1.89. The number of carbonyl (C=O) groups is 2. The third kappa shape index (κ3) is 3.69. The minimum absolute atomic E-state index is 0.139. The standard InChI is InChI=1S/C22H33N5O2/c1-25-9-8-18(24-25)14-26-12-16-10-17(13-26)20(11-23-22(29)15-4-2-5-15)27-19(16)6-3-7-21(27)28/h8-9,15-17,19-20H,2-7,10-14H2,1H3,(H,23,29)/t16-,17+,19+,20+/m1/s1. The number of carbonyl (C=O) groups excluding carboxylic acids is 2. The molecule has 158 valence electrons. The minimum atomic E-state index is 0.139. The third-order valence-corrected chi connectivity index (χ3v) is 7.69. The van der Waals surface area contributed by atoms with Gasteiger partial charge in [0, 0.05) is 57.8 Å². The van der Waals surface area contributed by atoms with Crippen LogP contribution in [0.2, 0.25) is 0 Å². The van der Waals surface area contributed by atoms with Crippen molar-refractivity contribution in [3.63, 3.8) is 0 Å². The van der Waals surface area contributed by atoms with Crippen molar-refractivity contribution in [2.45, 2.75) is 63.6 Å². The summed E-state index contributed by atoms with van der Waals surface area (Å²) in [5.41, 5.74) is 1.11. The molecule has 1 N–H and O–H groups in total. The normalized spacial score (nSPS) is 32.6. The van der Waals surface area contributed by atoms with E-state index in [4.69, 9.17) is 0 Å². The minimum Gasteiger partial charge on any atom is -0.354 e. The van der Waals surface area contributed by atoms with Crippen molar-refractivity contribution in [2.75, 3.05) is 19.6 Å². The van der Waals surface area contributed by atoms with Crippen molar-refractivity contribution in [3.05, 3.63) is 18.0 Å². The van der Waals surface area contributed by atoms with Gasteiger partial charge >= 0.3 is 0 Å². The van der Waals surface area contributed by atoms with Gasteiger partial charge in [0.25, 0.3) is 0 Å². The molecule has 0 spiro atoms. The van der Waals surface area contributed by atoms with Crippen LogP contribution in [0.25, 0.3) is 0 Å². The predicted octanol–water partition coefficient (Wildman–Crippen LogP) is 1.54. The molecule has 4 aliphatic rings. The molecule has 2 bridgehead atoms. The van der Waals surface area contributed by atoms with E-state index in [-0.39, 0.29) is 17.9 Å². The first-order valence-corrected chi connectivity index (χ1v) is 11.4. The molecule has 0 unspecified atom stereocenters. The lowest BCUT2D eigenvalue weighted by atomic mass is 9.72. The number of nitrogens with zero attached hydrogens (tertiary/aromatic N) is 4. The molecule has 7 heteroatoms. The summed E-state index contributed by atoms with van der Waals surface area (Å²) in [6.45, 7) is 3.51. The number of rotatable bonds is 5. The number of likely N-dealkylation sites (tertiary alicyclic amines) is 1. The fourth-order valence-electron chi connectivity index (χ4n) is 6.06. The highest BCUT2D eigenvalue weighted by atomic mass is 16.2. The number of hydrogen-bond donors (Lipinski definition) is 1. The van der Waals surface area contributed by atoms with Crippen LogP contribution >= 0.6 is 0 Å². The molecule has 5 rings (SSSR count). The zero-order valence-electron chi connectivity index (χ0n) is 17.4. The Morgan fingerprint density at radius 3 is 2.76 bits per heavy atom. The van der Waals surface area contributed by atoms with Gasteiger partial charge in [-0.25, -0.2) is 0 Å². The first kappa shape index (κ1) is 19.1. The topological polar surface area (TPSA) is 70.5 Å². The number of aromatic nitrogens is 2. The molecule has 1 aliphatic carbocycles. The number of piperidine rings is 3. The average Bonchev–Trinajstić information content (AvgIpc) is 3.05. The van der Waals surface area contributed by atoms with Crippen LogP contribution in [0, 0.1) is 17.8 Å². The van der Waals surface area contributed by atoms with Crippen LogP contribution in [0.4, 0.5) is 0 Å². The lowest BCUT2D eigenvalue weighted by molar-refractivity contribution is -0.153. The largest absolute Gasteiger partial charge is 0.354 e. The van der Waals surface area contributed by atoms with Gasteiger partial charge in [0.1, 0.15) is 0 Å². The molecule has 3 saturated heterocycles. The van der Waals surface area contributed by atoms with Gasteiger partial charge in [-0.05, 0) is 50.0 Å². The van der Waals surface area contributed by atoms with Crippen LogP contribution < -0.4 is 5.32 Å². The zero-order chi connectivity index (χ0) is 20.0. The Kier molecular flexibility index (Phi) is 5.10. The summed E-state index contributed by atoms with van der Waals surface area (Å²) in [5.74, 6) is 1.67. The molecule has 4 fully saturated rings. The highest BCUT2D eigenvalue weighted by Gasteiger charge is 2.49. The van der Waals surface area contributed by atoms with Crippen LogP contribution in [0.1, 0.15) is 50.6 Å². The third-order valence-electron chi connectivity index (χ3n) is 7.69. The maximum atomic E-state index is 12.9. The summed E-state index contributed by atoms with van der Waals surface area (Å²) >= 11 is 0. The molecule has 4 atom stereocenters. The summed E-state index contributed by atoms with van der Waals surface area (Å²) in [6, 6.07) is 2.57. The van der Waals surface area contributed by atoms with E-state index in [1.165, 1.54) is 12.8 Å². The fraction of sp³-hybridized carbons (Fsp3) is 0.773. The van der Waals surface area contributed by atoms with Gasteiger partial charge in [-0.3, -0.25) is 19.2 Å². The molecule has 7 nitrogen and oxygen atoms in total. The van der Waals surface area contributed by atoms with Crippen molar-refractivity contribution < 1.29 is 9.59 Å². The van der Waals surface area contributed by atoms with E-state index in [0.29, 0.717) is 36.8 Å². The van der Waals surface area contributed by atoms with Gasteiger partial charge in [0.2, 0.25) is 11.8 Å². The van der Waals surface area contributed by atoms with E-state index in [1.807, 2.05) is 17.9 Å². The van der Waals surface area contributed by atoms with Gasteiger partial charge < -0.3 is 10.2 Å². The van der Waals surface area contributed by atoms with E-state index in [0.717, 1.165) is 51.0 Å². The van der Waals surface area contributed by atoms with E-state index in [1.54, 1.807) is 0 Å². The van der Waals surface area contributed by atoms with E-state index in [2.05, 4.69) is 26.3 Å². The van der Waals surface area contributed by atoms with Crippen molar-refractivity contribution >= 4 is 11.8 Å². The highest BCUT2D eigenvalue weighted by molar-refractivity contribution is 5.80. The Labute approximate surface area is 172 Å². The maximum absolute atomic E-state index is 12.9. The summed E-state index contributed by atoms with van der Waals surface area (Å²) in [7, 11) is 1.96. The number of aryl methyl sites for hydroxylation is 1. The second-order valence-electron chi connectivity index (χ2n) is 9.63. The zero-order valence-corrected chi connectivity index (χ0v) is 17.4. The molecule has 3 aliphatic heterocycles. The highest BCUT2D eigenvalue weighted by Crippen LogP contribution is 2.41. The van der Waals surface area contributed by atoms with Crippen molar-refractivity contribution in [3.8, 4) is 0 Å². The van der Waals surface area contributed by atoms with Crippen molar-refractivity contribution in [1.82, 2.24) is 24.9 Å². The summed E-state index contributed by atoms with van der Waals surface area (Å²) in [5, 5.41) is 7.77. The van der Waals surface area contributed by atoms with Crippen molar-refractivity contribution in [2.24, 2.45) is 24.8 Å². The molecular formula is C22H33N5O2. The lowest BCUT2D eigenvalue weighted by Crippen LogP contribution is -2.67. The number of fused-ring (bicyclic) bond motifs is 4. The van der Waals surface area contributed by atoms with Crippen molar-refractivity contribution in [1.29, 1.82) is 0 Å². The Morgan fingerprint density at radius 1 is 1.21 bits per heavy atom. The first-order chi connectivity index (χ1) is 14.1. The number of hydrogen-bond acceptors (Lipinski definition) is 4. The number of nitrogens with one attached hydrogen (secondary N) is 1. The average molecular weight is 400 g/mol. The van der Waals surface area contributed by atoms with Gasteiger partial charge in [0.05, 0.1) is 11.7 Å². The molecular weight excluding hydrogens is 366 g/mol. The molecule has 1 aromatic heterocycles. The monoisotopic (exact) mass is 399 g/mol. The van der Waals surface area contributed by atoms with Crippen LogP contribution in [-0.2, 0) is 23.2 Å². The Morgan fingerprint density at radius 2 is 2.03 bits per heavy atom. The molecule has 29 heavy (non-hydrogen) atoms. The van der Waals surface area contributed by atoms with Gasteiger partial charge in [0.15, 0.2) is 0 Å². The molecule has 0 radical (unpaired) electrons. The van der Waals surface area contributed by atoms with Gasteiger partial charge in [-0.1, -0.05) is 6.42 Å². The smallest absolute Gasteiger partial charge is 0.223 e. The van der Waals surface area contributed by atoms with Gasteiger partial charge in [-0.15, -0.1) is 0 Å². The second kappa shape index (κ2) is 7.74. The van der Waals surface area contributed by atoms with Crippen LogP contribution in [0.3, 0.4) is 0 Å². The Balaban J connectivity index is 1.32. The van der Waals surface area contributed by atoms with Crippen LogP contribution in [0.5, 0.6) is 0 Å². The number of amides is 2. The fourth-order valence-corrected chi connectivity index (χ4v) is 6.06. The maximum Gasteiger partial charge on any atom is 0.223 e. The van der Waals surface area contributed by atoms with E-state index < -0.39 is 0 Å².